The van der Waals surface area contributed by atoms with Gasteiger partial charge in [0.1, 0.15) is 0 Å². The Balaban J connectivity index is 1.55. The van der Waals surface area contributed by atoms with Gasteiger partial charge in [-0.25, -0.2) is 0 Å². The van der Waals surface area contributed by atoms with Crippen LogP contribution in [0.15, 0.2) is 0 Å². The Morgan fingerprint density at radius 1 is 1.00 bits per heavy atom. The Kier molecular flexibility index (Phi) is 6.31. The van der Waals surface area contributed by atoms with Crippen LogP contribution in [-0.2, 0) is 0 Å². The van der Waals surface area contributed by atoms with Crippen LogP contribution in [0.1, 0.15) is 59.3 Å². The second-order valence-electron chi connectivity index (χ2n) is 7.72. The first-order valence-corrected chi connectivity index (χ1v) is 8.76. The van der Waals surface area contributed by atoms with E-state index >= 15 is 0 Å². The molecule has 2 aliphatic rings. The highest BCUT2D eigenvalue weighted by molar-refractivity contribution is 4.84. The van der Waals surface area contributed by atoms with E-state index in [1.807, 2.05) is 0 Å². The number of nitrogens with one attached hydrogen (secondary N) is 1. The summed E-state index contributed by atoms with van der Waals surface area (Å²) in [6.07, 6.45) is 8.30. The maximum Gasteiger partial charge on any atom is 0.0223 e. The highest BCUT2D eigenvalue weighted by Gasteiger charge is 2.28. The topological polar surface area (TPSA) is 18.5 Å². The van der Waals surface area contributed by atoms with Crippen LogP contribution >= 0.6 is 0 Å². The fourth-order valence-corrected chi connectivity index (χ4v) is 3.59. The van der Waals surface area contributed by atoms with Crippen molar-refractivity contribution in [2.45, 2.75) is 70.9 Å². The maximum absolute atomic E-state index is 3.58. The van der Waals surface area contributed by atoms with E-state index in [0.717, 1.165) is 6.04 Å². The van der Waals surface area contributed by atoms with Crippen molar-refractivity contribution >= 4 is 0 Å². The summed E-state index contributed by atoms with van der Waals surface area (Å²) in [5, 5.41) is 3.58. The normalized spacial score (nSPS) is 25.6. The van der Waals surface area contributed by atoms with E-state index in [1.54, 1.807) is 0 Å². The van der Waals surface area contributed by atoms with Crippen LogP contribution in [0.4, 0.5) is 0 Å². The maximum atomic E-state index is 3.58. The number of rotatable bonds is 6. The lowest BCUT2D eigenvalue weighted by molar-refractivity contribution is 0.217. The summed E-state index contributed by atoms with van der Waals surface area (Å²) in [7, 11) is 0. The van der Waals surface area contributed by atoms with Gasteiger partial charge in [-0.15, -0.1) is 0 Å². The van der Waals surface area contributed by atoms with Gasteiger partial charge < -0.3 is 10.2 Å². The largest absolute Gasteiger partial charge is 0.312 e. The van der Waals surface area contributed by atoms with Crippen LogP contribution in [0.3, 0.4) is 0 Å². The summed E-state index contributed by atoms with van der Waals surface area (Å²) in [6.45, 7) is 14.6. The van der Waals surface area contributed by atoms with E-state index < -0.39 is 0 Å². The number of hydrogen-bond donors (Lipinski definition) is 1. The molecule has 0 radical (unpaired) electrons. The molecular formula is C17H35N3. The molecule has 0 aromatic rings. The molecule has 2 aliphatic heterocycles. The van der Waals surface area contributed by atoms with Crippen molar-refractivity contribution in [1.82, 2.24) is 15.1 Å². The minimum atomic E-state index is 0.275. The number of nitrogens with zero attached hydrogens (tertiary/aromatic N) is 2. The van der Waals surface area contributed by atoms with Gasteiger partial charge in [-0.05, 0) is 85.6 Å². The second-order valence-corrected chi connectivity index (χ2v) is 7.72. The fourth-order valence-electron chi connectivity index (χ4n) is 3.59. The van der Waals surface area contributed by atoms with Gasteiger partial charge >= 0.3 is 0 Å². The van der Waals surface area contributed by atoms with E-state index in [0.29, 0.717) is 0 Å². The van der Waals surface area contributed by atoms with Crippen molar-refractivity contribution < 1.29 is 0 Å². The van der Waals surface area contributed by atoms with Crippen LogP contribution in [0, 0.1) is 0 Å². The van der Waals surface area contributed by atoms with E-state index in [9.17, 15) is 0 Å². The molecule has 3 heteroatoms. The van der Waals surface area contributed by atoms with Crippen LogP contribution in [0.2, 0.25) is 0 Å². The first-order chi connectivity index (χ1) is 9.54. The third-order valence-corrected chi connectivity index (χ3v) is 4.69. The Labute approximate surface area is 126 Å². The molecule has 0 aliphatic carbocycles. The molecule has 0 bridgehead atoms. The Bertz CT molecular complexity index is 272. The average Bonchev–Trinajstić information content (AvgIpc) is 2.71. The molecular weight excluding hydrogens is 246 g/mol. The molecule has 3 nitrogen and oxygen atoms in total. The lowest BCUT2D eigenvalue weighted by atomic mass is 10.1. The first-order valence-electron chi connectivity index (χ1n) is 8.76. The Morgan fingerprint density at radius 3 is 2.60 bits per heavy atom. The second kappa shape index (κ2) is 7.77. The molecule has 0 aromatic heterocycles. The first kappa shape index (κ1) is 16.3. The molecule has 118 valence electrons. The molecule has 20 heavy (non-hydrogen) atoms. The predicted octanol–water partition coefficient (Wildman–Crippen LogP) is 2.71. The Hall–Kier alpha value is -0.120. The molecule has 0 amide bonds. The Morgan fingerprint density at radius 2 is 1.80 bits per heavy atom. The van der Waals surface area contributed by atoms with Gasteiger partial charge in [-0.3, -0.25) is 4.90 Å². The molecule has 1 unspecified atom stereocenters. The summed E-state index contributed by atoms with van der Waals surface area (Å²) in [4.78, 5) is 5.46. The van der Waals surface area contributed by atoms with Crippen LogP contribution in [0.25, 0.3) is 0 Å². The molecule has 2 fully saturated rings. The summed E-state index contributed by atoms with van der Waals surface area (Å²) in [5.41, 5.74) is 0.275. The number of hydrogen-bond acceptors (Lipinski definition) is 3. The molecule has 0 saturated carbocycles. The van der Waals surface area contributed by atoms with Gasteiger partial charge in [0.05, 0.1) is 0 Å². The van der Waals surface area contributed by atoms with Gasteiger partial charge in [0.25, 0.3) is 0 Å². The molecule has 2 heterocycles. The SMILES string of the molecule is CC(C)(C)NCCCCCN1CCCN2CCCC2C1. The minimum absolute atomic E-state index is 0.275. The van der Waals surface area contributed by atoms with E-state index in [4.69, 9.17) is 0 Å². The zero-order valence-corrected chi connectivity index (χ0v) is 14.0. The molecule has 2 saturated heterocycles. The summed E-state index contributed by atoms with van der Waals surface area (Å²) in [5.74, 6) is 0. The molecule has 0 spiro atoms. The number of unbranched alkanes of at least 4 members (excludes halogenated alkanes) is 2. The summed E-state index contributed by atoms with van der Waals surface area (Å²) in [6, 6.07) is 0.875. The van der Waals surface area contributed by atoms with Crippen LogP contribution < -0.4 is 5.32 Å². The lowest BCUT2D eigenvalue weighted by Crippen LogP contribution is -2.37. The smallest absolute Gasteiger partial charge is 0.0223 e. The summed E-state index contributed by atoms with van der Waals surface area (Å²) >= 11 is 0. The standard InChI is InChI=1S/C17H35N3/c1-17(2,3)18-10-5-4-6-11-19-12-8-14-20-13-7-9-16(20)15-19/h16,18H,4-15H2,1-3H3. The van der Waals surface area contributed by atoms with Crippen LogP contribution in [0.5, 0.6) is 0 Å². The van der Waals surface area contributed by atoms with E-state index in [2.05, 4.69) is 35.9 Å². The van der Waals surface area contributed by atoms with E-state index in [1.165, 1.54) is 77.8 Å². The quantitative estimate of drug-likeness (QED) is 0.755. The molecule has 1 atom stereocenters. The van der Waals surface area contributed by atoms with E-state index in [-0.39, 0.29) is 5.54 Å². The van der Waals surface area contributed by atoms with Crippen molar-refractivity contribution in [2.24, 2.45) is 0 Å². The summed E-state index contributed by atoms with van der Waals surface area (Å²) < 4.78 is 0. The van der Waals surface area contributed by atoms with Crippen molar-refractivity contribution in [3.63, 3.8) is 0 Å². The van der Waals surface area contributed by atoms with Gasteiger partial charge in [0.15, 0.2) is 0 Å². The molecule has 2 rings (SSSR count). The number of fused-ring (bicyclic) bond motifs is 1. The highest BCUT2D eigenvalue weighted by Crippen LogP contribution is 2.21. The lowest BCUT2D eigenvalue weighted by Gasteiger charge is -2.25. The highest BCUT2D eigenvalue weighted by atomic mass is 15.3. The minimum Gasteiger partial charge on any atom is -0.312 e. The third-order valence-electron chi connectivity index (χ3n) is 4.69. The zero-order valence-electron chi connectivity index (χ0n) is 14.0. The van der Waals surface area contributed by atoms with Gasteiger partial charge in [0.2, 0.25) is 0 Å². The predicted molar refractivity (Wildman–Crippen MR) is 87.3 cm³/mol. The average molecular weight is 281 g/mol. The van der Waals surface area contributed by atoms with Gasteiger partial charge in [-0.2, -0.15) is 0 Å². The molecule has 1 N–H and O–H groups in total. The third kappa shape index (κ3) is 5.71. The van der Waals surface area contributed by atoms with Crippen molar-refractivity contribution in [2.75, 3.05) is 39.3 Å². The monoisotopic (exact) mass is 281 g/mol. The van der Waals surface area contributed by atoms with Gasteiger partial charge in [-0.1, -0.05) is 6.42 Å². The van der Waals surface area contributed by atoms with Crippen LogP contribution in [-0.4, -0.2) is 60.6 Å². The van der Waals surface area contributed by atoms with Gasteiger partial charge in [0, 0.05) is 18.1 Å². The van der Waals surface area contributed by atoms with Crippen molar-refractivity contribution in [3.8, 4) is 0 Å². The fraction of sp³-hybridized carbons (Fsp3) is 1.00. The zero-order chi connectivity index (χ0) is 14.4. The molecule has 0 aromatic carbocycles. The van der Waals surface area contributed by atoms with Crippen molar-refractivity contribution in [1.29, 1.82) is 0 Å². The van der Waals surface area contributed by atoms with Crippen molar-refractivity contribution in [3.05, 3.63) is 0 Å².